The first kappa shape index (κ1) is 18.2. The Labute approximate surface area is 146 Å². The predicted octanol–water partition coefficient (Wildman–Crippen LogP) is 1.78. The first-order chi connectivity index (χ1) is 12.2. The number of alkyl halides is 3. The molecule has 3 rings (SSSR count). The summed E-state index contributed by atoms with van der Waals surface area (Å²) in [6.07, 6.45) is -7.24. The summed E-state index contributed by atoms with van der Waals surface area (Å²) in [6, 6.07) is 7.01. The van der Waals surface area contributed by atoms with Gasteiger partial charge < -0.3 is 19.3 Å². The van der Waals surface area contributed by atoms with Crippen molar-refractivity contribution in [1.29, 1.82) is 0 Å². The van der Waals surface area contributed by atoms with Crippen LogP contribution in [0.4, 0.5) is 18.9 Å². The zero-order chi connectivity index (χ0) is 18.9. The summed E-state index contributed by atoms with van der Waals surface area (Å²) < 4.78 is 47.2. The SMILES string of the molecule is CN1C(=O)[C@@H](NC(O)c2cc(CC(F)(F)F)on2)COc2ccccc21. The Morgan fingerprint density at radius 2 is 2.15 bits per heavy atom. The highest BCUT2D eigenvalue weighted by Gasteiger charge is 2.33. The van der Waals surface area contributed by atoms with Gasteiger partial charge in [0.25, 0.3) is 0 Å². The van der Waals surface area contributed by atoms with Gasteiger partial charge in [-0.1, -0.05) is 17.3 Å². The lowest BCUT2D eigenvalue weighted by molar-refractivity contribution is -0.130. The molecule has 10 heteroatoms. The third-order valence-corrected chi connectivity index (χ3v) is 3.85. The second kappa shape index (κ2) is 6.96. The number of fused-ring (bicyclic) bond motifs is 1. The standard InChI is InChI=1S/C16H16F3N3O4/c1-22-12-4-2-3-5-13(12)25-8-11(15(22)24)20-14(23)10-6-9(26-21-10)7-16(17,18)19/h2-6,11,14,20,23H,7-8H2,1H3/t11-,14?/m0/s1. The molecule has 140 valence electrons. The first-order valence-electron chi connectivity index (χ1n) is 7.70. The molecule has 0 spiro atoms. The fourth-order valence-electron chi connectivity index (χ4n) is 2.59. The molecule has 2 aromatic rings. The van der Waals surface area contributed by atoms with Crippen LogP contribution in [0.2, 0.25) is 0 Å². The van der Waals surface area contributed by atoms with Crippen molar-refractivity contribution in [1.82, 2.24) is 10.5 Å². The largest absolute Gasteiger partial charge is 0.489 e. The summed E-state index contributed by atoms with van der Waals surface area (Å²) in [5, 5.41) is 16.2. The number of amides is 1. The minimum atomic E-state index is -4.45. The van der Waals surface area contributed by atoms with Crippen LogP contribution in [0.1, 0.15) is 17.7 Å². The third-order valence-electron chi connectivity index (χ3n) is 3.85. The summed E-state index contributed by atoms with van der Waals surface area (Å²) in [4.78, 5) is 13.9. The van der Waals surface area contributed by atoms with Gasteiger partial charge in [-0.3, -0.25) is 10.1 Å². The predicted molar refractivity (Wildman–Crippen MR) is 83.5 cm³/mol. The molecule has 2 heterocycles. The second-order valence-electron chi connectivity index (χ2n) is 5.81. The van der Waals surface area contributed by atoms with E-state index in [-0.39, 0.29) is 18.2 Å². The molecule has 0 fully saturated rings. The molecular formula is C16H16F3N3O4. The molecule has 1 aromatic heterocycles. The Hall–Kier alpha value is -2.59. The van der Waals surface area contributed by atoms with Crippen LogP contribution in [-0.4, -0.2) is 42.0 Å². The molecule has 1 amide bonds. The lowest BCUT2D eigenvalue weighted by Gasteiger charge is -2.22. The van der Waals surface area contributed by atoms with Crippen molar-refractivity contribution in [2.24, 2.45) is 0 Å². The van der Waals surface area contributed by atoms with E-state index in [1.165, 1.54) is 4.90 Å². The molecule has 1 aliphatic heterocycles. The van der Waals surface area contributed by atoms with Crippen molar-refractivity contribution < 1.29 is 32.3 Å². The summed E-state index contributed by atoms with van der Waals surface area (Å²) in [5.74, 6) is -0.287. The molecule has 2 atom stereocenters. The number of rotatable bonds is 4. The van der Waals surface area contributed by atoms with E-state index in [0.29, 0.717) is 11.4 Å². The van der Waals surface area contributed by atoms with Crippen molar-refractivity contribution in [3.63, 3.8) is 0 Å². The molecule has 0 aliphatic carbocycles. The van der Waals surface area contributed by atoms with E-state index in [9.17, 15) is 23.1 Å². The van der Waals surface area contributed by atoms with Gasteiger partial charge in [-0.05, 0) is 12.1 Å². The van der Waals surface area contributed by atoms with Gasteiger partial charge in [0, 0.05) is 13.1 Å². The Morgan fingerprint density at radius 1 is 1.42 bits per heavy atom. The number of para-hydroxylation sites is 2. The number of benzene rings is 1. The molecular weight excluding hydrogens is 355 g/mol. The number of ether oxygens (including phenoxy) is 1. The van der Waals surface area contributed by atoms with Crippen LogP contribution in [-0.2, 0) is 11.2 Å². The number of carbonyl (C=O) groups excluding carboxylic acids is 1. The molecule has 26 heavy (non-hydrogen) atoms. The smallest absolute Gasteiger partial charge is 0.396 e. The van der Waals surface area contributed by atoms with Gasteiger partial charge in [0.1, 0.15) is 36.3 Å². The maximum Gasteiger partial charge on any atom is 0.396 e. The van der Waals surface area contributed by atoms with Crippen molar-refractivity contribution in [2.45, 2.75) is 24.9 Å². The highest BCUT2D eigenvalue weighted by atomic mass is 19.4. The Kier molecular flexibility index (Phi) is 4.88. The summed E-state index contributed by atoms with van der Waals surface area (Å²) in [5.41, 5.74) is 0.423. The van der Waals surface area contributed by atoms with Crippen LogP contribution in [0, 0.1) is 0 Å². The number of nitrogens with one attached hydrogen (secondary N) is 1. The van der Waals surface area contributed by atoms with Gasteiger partial charge in [-0.25, -0.2) is 0 Å². The number of aliphatic hydroxyl groups is 1. The number of aromatic nitrogens is 1. The van der Waals surface area contributed by atoms with E-state index < -0.39 is 30.6 Å². The van der Waals surface area contributed by atoms with Gasteiger partial charge >= 0.3 is 6.18 Å². The number of likely N-dealkylation sites (N-methyl/N-ethyl adjacent to an activating group) is 1. The average Bonchev–Trinajstić information content (AvgIpc) is 2.99. The fraction of sp³-hybridized carbons (Fsp3) is 0.375. The highest BCUT2D eigenvalue weighted by Crippen LogP contribution is 2.30. The topological polar surface area (TPSA) is 87.8 Å². The molecule has 0 saturated heterocycles. The van der Waals surface area contributed by atoms with Crippen molar-refractivity contribution in [2.75, 3.05) is 18.6 Å². The second-order valence-corrected chi connectivity index (χ2v) is 5.81. The van der Waals surface area contributed by atoms with E-state index in [1.54, 1.807) is 31.3 Å². The third kappa shape index (κ3) is 3.97. The van der Waals surface area contributed by atoms with Gasteiger partial charge in [-0.15, -0.1) is 0 Å². The first-order valence-corrected chi connectivity index (χ1v) is 7.70. The molecule has 1 aliphatic rings. The quantitative estimate of drug-likeness (QED) is 0.797. The van der Waals surface area contributed by atoms with Gasteiger partial charge in [-0.2, -0.15) is 13.2 Å². The molecule has 2 N–H and O–H groups in total. The molecule has 0 radical (unpaired) electrons. The van der Waals surface area contributed by atoms with E-state index in [1.807, 2.05) is 0 Å². The van der Waals surface area contributed by atoms with E-state index in [4.69, 9.17) is 4.74 Å². The fourth-order valence-corrected chi connectivity index (χ4v) is 2.59. The lowest BCUT2D eigenvalue weighted by Crippen LogP contribution is -2.48. The molecule has 1 aromatic carbocycles. The van der Waals surface area contributed by atoms with Crippen LogP contribution < -0.4 is 15.0 Å². The zero-order valence-corrected chi connectivity index (χ0v) is 13.7. The maximum atomic E-state index is 12.5. The summed E-state index contributed by atoms with van der Waals surface area (Å²) >= 11 is 0. The normalized spacial score (nSPS) is 18.9. The number of hydrogen-bond donors (Lipinski definition) is 2. The number of halogens is 3. The number of nitrogens with zero attached hydrogens (tertiary/aromatic N) is 2. The highest BCUT2D eigenvalue weighted by molar-refractivity contribution is 5.98. The monoisotopic (exact) mass is 371 g/mol. The van der Waals surface area contributed by atoms with Crippen LogP contribution in [0.15, 0.2) is 34.9 Å². The Balaban J connectivity index is 1.70. The molecule has 0 saturated carbocycles. The van der Waals surface area contributed by atoms with Crippen molar-refractivity contribution in [3.05, 3.63) is 41.8 Å². The van der Waals surface area contributed by atoms with Gasteiger partial charge in [0.15, 0.2) is 6.23 Å². The van der Waals surface area contributed by atoms with Gasteiger partial charge in [0.05, 0.1) is 5.69 Å². The Bertz CT molecular complexity index is 793. The maximum absolute atomic E-state index is 12.5. The molecule has 1 unspecified atom stereocenters. The van der Waals surface area contributed by atoms with Gasteiger partial charge in [0.2, 0.25) is 5.91 Å². The van der Waals surface area contributed by atoms with Crippen LogP contribution in [0.25, 0.3) is 0 Å². The van der Waals surface area contributed by atoms with Crippen LogP contribution >= 0.6 is 0 Å². The Morgan fingerprint density at radius 3 is 2.88 bits per heavy atom. The van der Waals surface area contributed by atoms with E-state index >= 15 is 0 Å². The number of anilines is 1. The average molecular weight is 371 g/mol. The van der Waals surface area contributed by atoms with Crippen LogP contribution in [0.3, 0.4) is 0 Å². The number of aliphatic hydroxyl groups excluding tert-OH is 1. The lowest BCUT2D eigenvalue weighted by atomic mass is 10.2. The minimum absolute atomic E-state index is 0.0650. The molecule has 7 nitrogen and oxygen atoms in total. The zero-order valence-electron chi connectivity index (χ0n) is 13.7. The summed E-state index contributed by atoms with van der Waals surface area (Å²) in [6.45, 7) is -0.0650. The van der Waals surface area contributed by atoms with E-state index in [2.05, 4.69) is 15.0 Å². The number of carbonyl (C=O) groups is 1. The van der Waals surface area contributed by atoms with E-state index in [0.717, 1.165) is 6.07 Å². The number of hydrogen-bond acceptors (Lipinski definition) is 6. The van der Waals surface area contributed by atoms with Crippen molar-refractivity contribution in [3.8, 4) is 5.75 Å². The molecule has 0 bridgehead atoms. The van der Waals surface area contributed by atoms with Crippen molar-refractivity contribution >= 4 is 11.6 Å². The van der Waals surface area contributed by atoms with Crippen LogP contribution in [0.5, 0.6) is 5.75 Å². The minimum Gasteiger partial charge on any atom is -0.489 e. The summed E-state index contributed by atoms with van der Waals surface area (Å²) in [7, 11) is 1.56.